The highest BCUT2D eigenvalue weighted by atomic mass is 14.1. The van der Waals surface area contributed by atoms with E-state index in [4.69, 9.17) is 0 Å². The third-order valence-corrected chi connectivity index (χ3v) is 3.95. The molecular weight excluding hydrogens is 228 g/mol. The van der Waals surface area contributed by atoms with Gasteiger partial charge in [0.1, 0.15) is 0 Å². The molecule has 0 aliphatic rings. The van der Waals surface area contributed by atoms with Crippen LogP contribution in [0.25, 0.3) is 0 Å². The average molecular weight is 264 g/mol. The minimum Gasteiger partial charge on any atom is -0.0885 e. The number of unbranched alkanes of at least 4 members (excludes halogenated alkanes) is 8. The maximum atomic E-state index is 3.95. The summed E-state index contributed by atoms with van der Waals surface area (Å²) in [5, 5.41) is 0. The Kier molecular flexibility index (Phi) is 15.6. The zero-order valence-corrected chi connectivity index (χ0v) is 13.3. The summed E-state index contributed by atoms with van der Waals surface area (Å²) in [6.45, 7) is 10.1. The quantitative estimate of drug-likeness (QED) is 0.236. The summed E-state index contributed by atoms with van der Waals surface area (Å²) >= 11 is 0. The third kappa shape index (κ3) is 14.0. The van der Waals surface area contributed by atoms with Crippen LogP contribution >= 0.6 is 0 Å². The molecule has 112 valence electrons. The molecule has 0 N–H and O–H groups in total. The Hall–Kier alpha value is -0.260. The van der Waals surface area contributed by atoms with Gasteiger partial charge in [0.05, 0.1) is 0 Å². The lowest BCUT2D eigenvalue weighted by Gasteiger charge is -2.09. The number of hydrogen-bond donors (Lipinski definition) is 0. The van der Waals surface area contributed by atoms with Gasteiger partial charge >= 0.3 is 0 Å². The fourth-order valence-corrected chi connectivity index (χ4v) is 2.51. The molecule has 0 bridgehead atoms. The van der Waals surface area contributed by atoms with Crippen molar-refractivity contribution in [2.75, 3.05) is 0 Å². The van der Waals surface area contributed by atoms with Crippen LogP contribution in [0.15, 0.2) is 12.2 Å². The van der Waals surface area contributed by atoms with Gasteiger partial charge < -0.3 is 0 Å². The second-order valence-electron chi connectivity index (χ2n) is 5.74. The highest BCUT2D eigenvalue weighted by molar-refractivity contribution is 4.83. The minimum absolute atomic E-state index is 0.863. The molecular formula is C19H36. The van der Waals surface area contributed by atoms with Crippen LogP contribution in [0.1, 0.15) is 90.4 Å². The first-order valence-electron chi connectivity index (χ1n) is 8.58. The summed E-state index contributed by atoms with van der Waals surface area (Å²) in [6.07, 6.45) is 21.8. The molecule has 1 atom stereocenters. The van der Waals surface area contributed by atoms with Crippen molar-refractivity contribution in [2.24, 2.45) is 5.92 Å². The van der Waals surface area contributed by atoms with Gasteiger partial charge in [-0.05, 0) is 25.2 Å². The predicted octanol–water partition coefficient (Wildman–Crippen LogP) is 6.92. The van der Waals surface area contributed by atoms with Crippen LogP contribution in [0.3, 0.4) is 0 Å². The van der Waals surface area contributed by atoms with Crippen LogP contribution < -0.4 is 0 Å². The molecule has 0 spiro atoms. The van der Waals surface area contributed by atoms with Crippen LogP contribution in [0.5, 0.6) is 0 Å². The third-order valence-electron chi connectivity index (χ3n) is 3.95. The summed E-state index contributed by atoms with van der Waals surface area (Å²) in [5.74, 6) is 0.863. The topological polar surface area (TPSA) is 0 Å². The first kappa shape index (κ1) is 18.7. The zero-order chi connectivity index (χ0) is 14.2. The second kappa shape index (κ2) is 15.8. The van der Waals surface area contributed by atoms with Gasteiger partial charge in [0.2, 0.25) is 0 Å². The number of rotatable bonds is 14. The van der Waals surface area contributed by atoms with E-state index in [1.54, 1.807) is 0 Å². The van der Waals surface area contributed by atoms with Crippen molar-refractivity contribution in [1.82, 2.24) is 0 Å². The van der Waals surface area contributed by atoms with Gasteiger partial charge in [0, 0.05) is 0 Å². The summed E-state index contributed by atoms with van der Waals surface area (Å²) < 4.78 is 0. The molecule has 0 amide bonds. The van der Waals surface area contributed by atoms with Crippen molar-refractivity contribution in [1.29, 1.82) is 0 Å². The van der Waals surface area contributed by atoms with E-state index >= 15 is 0 Å². The Morgan fingerprint density at radius 2 is 1.42 bits per heavy atom. The van der Waals surface area contributed by atoms with Crippen LogP contribution in [-0.2, 0) is 0 Å². The standard InChI is InChI=1S/C19H36/c1-4-7-8-9-10-11-12-13-14-15-16-18-19(6-3)17-5-2/h15-16,19H,1-2,4-14,17-18H2,3H3. The molecule has 0 fully saturated rings. The van der Waals surface area contributed by atoms with E-state index in [1.807, 2.05) is 0 Å². The molecule has 0 aromatic rings. The molecule has 0 aromatic heterocycles. The van der Waals surface area contributed by atoms with E-state index in [-0.39, 0.29) is 0 Å². The molecule has 0 heterocycles. The van der Waals surface area contributed by atoms with Gasteiger partial charge in [0.15, 0.2) is 0 Å². The number of allylic oxidation sites excluding steroid dienone is 2. The van der Waals surface area contributed by atoms with E-state index in [2.05, 4.69) is 32.9 Å². The molecule has 0 saturated carbocycles. The molecule has 19 heavy (non-hydrogen) atoms. The van der Waals surface area contributed by atoms with Crippen LogP contribution in [0.4, 0.5) is 0 Å². The molecule has 2 radical (unpaired) electrons. The van der Waals surface area contributed by atoms with Crippen molar-refractivity contribution in [3.63, 3.8) is 0 Å². The van der Waals surface area contributed by atoms with Crippen molar-refractivity contribution < 1.29 is 0 Å². The highest BCUT2D eigenvalue weighted by Crippen LogP contribution is 2.16. The fourth-order valence-electron chi connectivity index (χ4n) is 2.51. The van der Waals surface area contributed by atoms with Gasteiger partial charge in [-0.2, -0.15) is 0 Å². The predicted molar refractivity (Wildman–Crippen MR) is 89.0 cm³/mol. The smallest absolute Gasteiger partial charge is 0.0322 e. The fraction of sp³-hybridized carbons (Fsp3) is 0.789. The molecule has 0 saturated heterocycles. The van der Waals surface area contributed by atoms with Crippen LogP contribution in [0, 0.1) is 19.8 Å². The minimum atomic E-state index is 0.863. The monoisotopic (exact) mass is 264 g/mol. The van der Waals surface area contributed by atoms with Crippen molar-refractivity contribution in [2.45, 2.75) is 90.4 Å². The SMILES string of the molecule is [CH2]CCCCCCCCCC=CCC(CC)CC[CH2]. The van der Waals surface area contributed by atoms with Crippen molar-refractivity contribution in [3.8, 4) is 0 Å². The molecule has 0 nitrogen and oxygen atoms in total. The molecule has 0 heteroatoms. The lowest BCUT2D eigenvalue weighted by atomic mass is 9.96. The van der Waals surface area contributed by atoms with Crippen molar-refractivity contribution >= 4 is 0 Å². The Labute approximate surface area is 123 Å². The maximum absolute atomic E-state index is 3.95. The summed E-state index contributed by atoms with van der Waals surface area (Å²) in [5.41, 5.74) is 0. The zero-order valence-electron chi connectivity index (χ0n) is 13.3. The van der Waals surface area contributed by atoms with Gasteiger partial charge in [-0.25, -0.2) is 0 Å². The average Bonchev–Trinajstić information content (AvgIpc) is 2.43. The maximum Gasteiger partial charge on any atom is -0.0322 e. The second-order valence-corrected chi connectivity index (χ2v) is 5.74. The number of hydrogen-bond acceptors (Lipinski definition) is 0. The van der Waals surface area contributed by atoms with Crippen LogP contribution in [-0.4, -0.2) is 0 Å². The lowest BCUT2D eigenvalue weighted by Crippen LogP contribution is -1.95. The van der Waals surface area contributed by atoms with E-state index in [0.29, 0.717) is 0 Å². The van der Waals surface area contributed by atoms with E-state index in [9.17, 15) is 0 Å². The van der Waals surface area contributed by atoms with Gasteiger partial charge in [-0.15, -0.1) is 0 Å². The largest absolute Gasteiger partial charge is 0.0885 e. The molecule has 1 unspecified atom stereocenters. The normalized spacial score (nSPS) is 13.2. The molecule has 0 rings (SSSR count). The summed E-state index contributed by atoms with van der Waals surface area (Å²) in [7, 11) is 0. The van der Waals surface area contributed by atoms with E-state index < -0.39 is 0 Å². The van der Waals surface area contributed by atoms with Crippen LogP contribution in [0.2, 0.25) is 0 Å². The van der Waals surface area contributed by atoms with E-state index in [1.165, 1.54) is 70.6 Å². The first-order chi connectivity index (χ1) is 9.35. The Morgan fingerprint density at radius 3 is 2.00 bits per heavy atom. The highest BCUT2D eigenvalue weighted by Gasteiger charge is 2.01. The van der Waals surface area contributed by atoms with E-state index in [0.717, 1.165) is 18.8 Å². The van der Waals surface area contributed by atoms with Gasteiger partial charge in [-0.1, -0.05) is 97.1 Å². The van der Waals surface area contributed by atoms with Gasteiger partial charge in [0.25, 0.3) is 0 Å². The van der Waals surface area contributed by atoms with Gasteiger partial charge in [-0.3, -0.25) is 0 Å². The molecule has 0 aliphatic carbocycles. The Balaban J connectivity index is 3.24. The lowest BCUT2D eigenvalue weighted by molar-refractivity contribution is 0.479. The Bertz CT molecular complexity index is 180. The first-order valence-corrected chi connectivity index (χ1v) is 8.58. The Morgan fingerprint density at radius 1 is 0.789 bits per heavy atom. The van der Waals surface area contributed by atoms with Crippen molar-refractivity contribution in [3.05, 3.63) is 26.0 Å². The molecule has 0 aromatic carbocycles. The summed E-state index contributed by atoms with van der Waals surface area (Å²) in [4.78, 5) is 0. The summed E-state index contributed by atoms with van der Waals surface area (Å²) in [6, 6.07) is 0. The molecule has 0 aliphatic heterocycles.